The van der Waals surface area contributed by atoms with Gasteiger partial charge in [0.1, 0.15) is 11.4 Å². The molecule has 1 fully saturated rings. The van der Waals surface area contributed by atoms with Gasteiger partial charge in [-0.15, -0.1) is 0 Å². The number of carbonyl (C=O) groups excluding carboxylic acids is 1. The van der Waals surface area contributed by atoms with Crippen LogP contribution in [0.5, 0.6) is 0 Å². The summed E-state index contributed by atoms with van der Waals surface area (Å²) in [5, 5.41) is 8.91. The fraction of sp³-hybridized carbons (Fsp3) is 0.409. The van der Waals surface area contributed by atoms with Crippen molar-refractivity contribution in [1.82, 2.24) is 9.88 Å². The minimum atomic E-state index is -0.310. The third-order valence-corrected chi connectivity index (χ3v) is 4.85. The molecule has 0 unspecified atom stereocenters. The first-order chi connectivity index (χ1) is 13.5. The van der Waals surface area contributed by atoms with Crippen LogP contribution in [0.4, 0.5) is 5.82 Å². The Morgan fingerprint density at radius 1 is 1.18 bits per heavy atom. The van der Waals surface area contributed by atoms with E-state index in [1.807, 2.05) is 51.1 Å². The van der Waals surface area contributed by atoms with Crippen LogP contribution in [-0.4, -0.2) is 48.1 Å². The second-order valence-electron chi connectivity index (χ2n) is 7.35. The van der Waals surface area contributed by atoms with Crippen LogP contribution in [0.15, 0.2) is 36.5 Å². The van der Waals surface area contributed by atoms with Crippen LogP contribution in [0.25, 0.3) is 0 Å². The molecule has 6 nitrogen and oxygen atoms in total. The van der Waals surface area contributed by atoms with Crippen molar-refractivity contribution in [2.75, 3.05) is 31.1 Å². The normalized spacial score (nSPS) is 14.8. The number of nitriles is 1. The summed E-state index contributed by atoms with van der Waals surface area (Å²) in [5.74, 6) is 0.402. The van der Waals surface area contributed by atoms with Crippen molar-refractivity contribution in [2.45, 2.75) is 33.4 Å². The first-order valence-electron chi connectivity index (χ1n) is 9.61. The van der Waals surface area contributed by atoms with Gasteiger partial charge in [-0.3, -0.25) is 4.90 Å². The summed E-state index contributed by atoms with van der Waals surface area (Å²) >= 11 is 0. The lowest BCUT2D eigenvalue weighted by atomic mass is 10.1. The Labute approximate surface area is 166 Å². The zero-order valence-electron chi connectivity index (χ0n) is 16.7. The molecule has 1 aliphatic rings. The molecule has 0 radical (unpaired) electrons. The van der Waals surface area contributed by atoms with E-state index in [0.717, 1.165) is 38.3 Å². The quantitative estimate of drug-likeness (QED) is 0.745. The van der Waals surface area contributed by atoms with E-state index in [9.17, 15) is 4.79 Å². The summed E-state index contributed by atoms with van der Waals surface area (Å²) in [4.78, 5) is 21.6. The molecule has 1 saturated heterocycles. The number of hydrogen-bond donors (Lipinski definition) is 0. The molecule has 3 rings (SSSR count). The maximum Gasteiger partial charge on any atom is 0.342 e. The fourth-order valence-electron chi connectivity index (χ4n) is 3.37. The van der Waals surface area contributed by atoms with Gasteiger partial charge in [0.05, 0.1) is 17.7 Å². The number of anilines is 1. The van der Waals surface area contributed by atoms with Gasteiger partial charge >= 0.3 is 5.97 Å². The van der Waals surface area contributed by atoms with Crippen molar-refractivity contribution in [2.24, 2.45) is 0 Å². The predicted molar refractivity (Wildman–Crippen MR) is 108 cm³/mol. The van der Waals surface area contributed by atoms with Crippen LogP contribution in [-0.2, 0) is 11.3 Å². The molecule has 0 saturated carbocycles. The molecular formula is C22H26N4O2. The molecule has 0 atom stereocenters. The molecule has 0 aliphatic carbocycles. The largest absolute Gasteiger partial charge is 0.459 e. The topological polar surface area (TPSA) is 69.5 Å². The van der Waals surface area contributed by atoms with E-state index in [0.29, 0.717) is 16.9 Å². The van der Waals surface area contributed by atoms with Crippen molar-refractivity contribution in [1.29, 1.82) is 5.26 Å². The number of piperazine rings is 1. The Bertz CT molecular complexity index is 863. The van der Waals surface area contributed by atoms with Crippen LogP contribution in [0.3, 0.4) is 0 Å². The molecule has 1 aromatic heterocycles. The molecule has 6 heteroatoms. The van der Waals surface area contributed by atoms with Gasteiger partial charge in [0.15, 0.2) is 0 Å². The van der Waals surface area contributed by atoms with Crippen molar-refractivity contribution in [3.05, 3.63) is 58.8 Å². The maximum atomic E-state index is 12.6. The Morgan fingerprint density at radius 2 is 1.86 bits per heavy atom. The highest BCUT2D eigenvalue weighted by molar-refractivity contribution is 5.96. The summed E-state index contributed by atoms with van der Waals surface area (Å²) in [6.45, 7) is 9.84. The van der Waals surface area contributed by atoms with Gasteiger partial charge in [-0.2, -0.15) is 5.26 Å². The van der Waals surface area contributed by atoms with Gasteiger partial charge in [0.2, 0.25) is 0 Å². The van der Waals surface area contributed by atoms with Crippen LogP contribution < -0.4 is 4.90 Å². The average Bonchev–Trinajstić information content (AvgIpc) is 2.68. The number of ether oxygens (including phenoxy) is 1. The molecule has 146 valence electrons. The smallest absolute Gasteiger partial charge is 0.342 e. The molecule has 0 N–H and O–H groups in total. The van der Waals surface area contributed by atoms with Crippen LogP contribution in [0.2, 0.25) is 0 Å². The summed E-state index contributed by atoms with van der Waals surface area (Å²) in [6, 6.07) is 11.7. The van der Waals surface area contributed by atoms with Gasteiger partial charge in [-0.05, 0) is 50.1 Å². The zero-order valence-corrected chi connectivity index (χ0v) is 16.7. The fourth-order valence-corrected chi connectivity index (χ4v) is 3.37. The third kappa shape index (κ3) is 4.68. The lowest BCUT2D eigenvalue weighted by molar-refractivity contribution is 0.0377. The number of aryl methyl sites for hydroxylation is 1. The van der Waals surface area contributed by atoms with Crippen molar-refractivity contribution < 1.29 is 9.53 Å². The number of esters is 1. The molecular weight excluding hydrogens is 352 g/mol. The molecule has 0 amide bonds. The van der Waals surface area contributed by atoms with E-state index in [-0.39, 0.29) is 12.1 Å². The second-order valence-corrected chi connectivity index (χ2v) is 7.35. The summed E-state index contributed by atoms with van der Waals surface area (Å²) < 4.78 is 5.43. The number of carbonyl (C=O) groups is 1. The predicted octanol–water partition coefficient (Wildman–Crippen LogP) is 3.15. The molecule has 2 heterocycles. The number of rotatable bonds is 5. The standard InChI is InChI=1S/C22H26N4O2/c1-16(2)28-22(27)20-17(3)8-9-24-21(20)26-12-10-25(11-13-26)15-19-6-4-18(14-23)5-7-19/h4-9,16H,10-13,15H2,1-3H3. The number of benzene rings is 1. The average molecular weight is 378 g/mol. The lowest BCUT2D eigenvalue weighted by Gasteiger charge is -2.36. The van der Waals surface area contributed by atoms with Crippen LogP contribution in [0.1, 0.15) is 40.9 Å². The van der Waals surface area contributed by atoms with E-state index < -0.39 is 0 Å². The van der Waals surface area contributed by atoms with Gasteiger partial charge in [-0.25, -0.2) is 9.78 Å². The Kier molecular flexibility index (Phi) is 6.27. The van der Waals surface area contributed by atoms with Crippen molar-refractivity contribution in [3.8, 4) is 6.07 Å². The molecule has 1 aliphatic heterocycles. The highest BCUT2D eigenvalue weighted by atomic mass is 16.5. The number of aromatic nitrogens is 1. The highest BCUT2D eigenvalue weighted by Crippen LogP contribution is 2.24. The first-order valence-corrected chi connectivity index (χ1v) is 9.61. The first kappa shape index (κ1) is 19.8. The van der Waals surface area contributed by atoms with Crippen LogP contribution >= 0.6 is 0 Å². The van der Waals surface area contributed by atoms with Crippen LogP contribution in [0, 0.1) is 18.3 Å². The molecule has 28 heavy (non-hydrogen) atoms. The third-order valence-electron chi connectivity index (χ3n) is 4.85. The minimum Gasteiger partial charge on any atom is -0.459 e. The van der Waals surface area contributed by atoms with Gasteiger partial charge < -0.3 is 9.64 Å². The Hall–Kier alpha value is -2.91. The Balaban J connectivity index is 1.67. The summed E-state index contributed by atoms with van der Waals surface area (Å²) in [6.07, 6.45) is 1.59. The maximum absolute atomic E-state index is 12.6. The van der Waals surface area contributed by atoms with Crippen molar-refractivity contribution in [3.63, 3.8) is 0 Å². The van der Waals surface area contributed by atoms with E-state index in [1.54, 1.807) is 6.20 Å². The van der Waals surface area contributed by atoms with E-state index >= 15 is 0 Å². The summed E-state index contributed by atoms with van der Waals surface area (Å²) in [7, 11) is 0. The molecule has 0 bridgehead atoms. The SMILES string of the molecule is Cc1ccnc(N2CCN(Cc3ccc(C#N)cc3)CC2)c1C(=O)OC(C)C. The van der Waals surface area contributed by atoms with Gasteiger partial charge in [0.25, 0.3) is 0 Å². The van der Waals surface area contributed by atoms with Crippen molar-refractivity contribution >= 4 is 11.8 Å². The van der Waals surface area contributed by atoms with E-state index in [1.165, 1.54) is 5.56 Å². The number of pyridine rings is 1. The molecule has 1 aromatic carbocycles. The zero-order chi connectivity index (χ0) is 20.1. The van der Waals surface area contributed by atoms with E-state index in [2.05, 4.69) is 20.9 Å². The molecule has 0 spiro atoms. The monoisotopic (exact) mass is 378 g/mol. The highest BCUT2D eigenvalue weighted by Gasteiger charge is 2.25. The lowest BCUT2D eigenvalue weighted by Crippen LogP contribution is -2.46. The minimum absolute atomic E-state index is 0.163. The van der Waals surface area contributed by atoms with Gasteiger partial charge in [-0.1, -0.05) is 12.1 Å². The number of nitrogens with zero attached hydrogens (tertiary/aromatic N) is 4. The summed E-state index contributed by atoms with van der Waals surface area (Å²) in [5.41, 5.74) is 3.33. The number of hydrogen-bond acceptors (Lipinski definition) is 6. The second kappa shape index (κ2) is 8.85. The Morgan fingerprint density at radius 3 is 2.46 bits per heavy atom. The van der Waals surface area contributed by atoms with Gasteiger partial charge in [0, 0.05) is 38.9 Å². The molecule has 2 aromatic rings. The van der Waals surface area contributed by atoms with E-state index in [4.69, 9.17) is 10.00 Å².